The van der Waals surface area contributed by atoms with Gasteiger partial charge in [0.05, 0.1) is 6.20 Å². The quantitative estimate of drug-likeness (QED) is 0.878. The minimum Gasteiger partial charge on any atom is -0.324 e. The summed E-state index contributed by atoms with van der Waals surface area (Å²) in [7, 11) is 0. The van der Waals surface area contributed by atoms with Gasteiger partial charge in [0.25, 0.3) is 0 Å². The summed E-state index contributed by atoms with van der Waals surface area (Å²) in [5.41, 5.74) is 7.02. The Kier molecular flexibility index (Phi) is 4.04. The van der Waals surface area contributed by atoms with Gasteiger partial charge >= 0.3 is 0 Å². The number of rotatable bonds is 2. The Labute approximate surface area is 99.5 Å². The van der Waals surface area contributed by atoms with Gasteiger partial charge in [0, 0.05) is 17.8 Å². The molecule has 2 aromatic rings. The molecular formula is C11H13ClFN3. The maximum atomic E-state index is 13.4. The third kappa shape index (κ3) is 2.40. The number of para-hydroxylation sites is 1. The maximum Gasteiger partial charge on any atom is 0.148 e. The second-order valence-corrected chi connectivity index (χ2v) is 3.46. The van der Waals surface area contributed by atoms with E-state index in [2.05, 4.69) is 5.10 Å². The summed E-state index contributed by atoms with van der Waals surface area (Å²) in [5, 5.41) is 4.07. The largest absolute Gasteiger partial charge is 0.324 e. The summed E-state index contributed by atoms with van der Waals surface area (Å²) in [5.74, 6) is -0.295. The predicted molar refractivity (Wildman–Crippen MR) is 63.4 cm³/mol. The Bertz CT molecular complexity index is 468. The summed E-state index contributed by atoms with van der Waals surface area (Å²) in [6.07, 6.45) is 3.39. The zero-order valence-corrected chi connectivity index (χ0v) is 9.62. The number of nitrogens with zero attached hydrogens (tertiary/aromatic N) is 2. The fourth-order valence-corrected chi connectivity index (χ4v) is 1.34. The van der Waals surface area contributed by atoms with E-state index >= 15 is 0 Å². The van der Waals surface area contributed by atoms with E-state index in [0.29, 0.717) is 5.69 Å². The van der Waals surface area contributed by atoms with Crippen molar-refractivity contribution in [2.24, 2.45) is 5.73 Å². The van der Waals surface area contributed by atoms with Crippen LogP contribution in [0.4, 0.5) is 4.39 Å². The monoisotopic (exact) mass is 241 g/mol. The number of aromatic nitrogens is 2. The van der Waals surface area contributed by atoms with Gasteiger partial charge in [0.2, 0.25) is 0 Å². The molecule has 0 spiro atoms. The van der Waals surface area contributed by atoms with Gasteiger partial charge in [-0.2, -0.15) is 5.10 Å². The minimum absolute atomic E-state index is 0. The van der Waals surface area contributed by atoms with Gasteiger partial charge in [-0.1, -0.05) is 12.1 Å². The van der Waals surface area contributed by atoms with E-state index in [0.717, 1.165) is 5.56 Å². The highest BCUT2D eigenvalue weighted by Crippen LogP contribution is 2.14. The molecule has 1 aromatic heterocycles. The van der Waals surface area contributed by atoms with Gasteiger partial charge in [-0.15, -0.1) is 12.4 Å². The Morgan fingerprint density at radius 1 is 1.38 bits per heavy atom. The standard InChI is InChI=1S/C11H12FN3.ClH/c1-8(13)9-6-14-15(7-9)11-5-3-2-4-10(11)12;/h2-8H,13H2,1H3;1H. The van der Waals surface area contributed by atoms with Gasteiger partial charge in [0.15, 0.2) is 0 Å². The highest BCUT2D eigenvalue weighted by Gasteiger charge is 2.07. The average Bonchev–Trinajstić information content (AvgIpc) is 2.67. The predicted octanol–water partition coefficient (Wildman–Crippen LogP) is 2.45. The molecule has 0 fully saturated rings. The van der Waals surface area contributed by atoms with Crippen LogP contribution in [0.1, 0.15) is 18.5 Å². The van der Waals surface area contributed by atoms with E-state index in [-0.39, 0.29) is 24.3 Å². The molecule has 5 heteroatoms. The topological polar surface area (TPSA) is 43.8 Å². The van der Waals surface area contributed by atoms with Crippen LogP contribution in [-0.4, -0.2) is 9.78 Å². The van der Waals surface area contributed by atoms with E-state index in [4.69, 9.17) is 5.73 Å². The van der Waals surface area contributed by atoms with Crippen molar-refractivity contribution in [1.29, 1.82) is 0 Å². The molecule has 0 bridgehead atoms. The third-order valence-corrected chi connectivity index (χ3v) is 2.23. The second-order valence-electron chi connectivity index (χ2n) is 3.46. The van der Waals surface area contributed by atoms with E-state index in [1.54, 1.807) is 30.6 Å². The van der Waals surface area contributed by atoms with Crippen LogP contribution in [-0.2, 0) is 0 Å². The molecule has 3 nitrogen and oxygen atoms in total. The summed E-state index contributed by atoms with van der Waals surface area (Å²) in [6.45, 7) is 1.86. The Hall–Kier alpha value is -1.39. The molecule has 1 unspecified atom stereocenters. The molecule has 86 valence electrons. The smallest absolute Gasteiger partial charge is 0.148 e. The van der Waals surface area contributed by atoms with E-state index < -0.39 is 0 Å². The highest BCUT2D eigenvalue weighted by molar-refractivity contribution is 5.85. The first-order valence-corrected chi connectivity index (χ1v) is 4.73. The van der Waals surface area contributed by atoms with Crippen molar-refractivity contribution < 1.29 is 4.39 Å². The van der Waals surface area contributed by atoms with Crippen LogP contribution in [0.2, 0.25) is 0 Å². The van der Waals surface area contributed by atoms with Gasteiger partial charge < -0.3 is 5.73 Å². The molecule has 0 radical (unpaired) electrons. The molecule has 0 amide bonds. The molecule has 0 aliphatic heterocycles. The lowest BCUT2D eigenvalue weighted by Gasteiger charge is -2.02. The van der Waals surface area contributed by atoms with Gasteiger partial charge in [-0.25, -0.2) is 9.07 Å². The van der Waals surface area contributed by atoms with Crippen molar-refractivity contribution in [3.8, 4) is 5.69 Å². The van der Waals surface area contributed by atoms with Crippen LogP contribution in [0, 0.1) is 5.82 Å². The summed E-state index contributed by atoms with van der Waals surface area (Å²) in [4.78, 5) is 0. The fourth-order valence-electron chi connectivity index (χ4n) is 1.34. The lowest BCUT2D eigenvalue weighted by atomic mass is 10.2. The number of benzene rings is 1. The van der Waals surface area contributed by atoms with Crippen LogP contribution in [0.3, 0.4) is 0 Å². The summed E-state index contributed by atoms with van der Waals surface area (Å²) >= 11 is 0. The van der Waals surface area contributed by atoms with Crippen LogP contribution < -0.4 is 5.73 Å². The molecule has 2 rings (SSSR count). The normalized spacial score (nSPS) is 11.9. The average molecular weight is 242 g/mol. The number of nitrogens with two attached hydrogens (primary N) is 1. The maximum absolute atomic E-state index is 13.4. The molecule has 1 heterocycles. The fraction of sp³-hybridized carbons (Fsp3) is 0.182. The lowest BCUT2D eigenvalue weighted by Crippen LogP contribution is -2.03. The first-order valence-electron chi connectivity index (χ1n) is 4.73. The zero-order chi connectivity index (χ0) is 10.8. The van der Waals surface area contributed by atoms with Crippen LogP contribution in [0.25, 0.3) is 5.69 Å². The lowest BCUT2D eigenvalue weighted by molar-refractivity contribution is 0.610. The van der Waals surface area contributed by atoms with Crippen molar-refractivity contribution in [3.63, 3.8) is 0 Å². The van der Waals surface area contributed by atoms with Crippen LogP contribution in [0.5, 0.6) is 0 Å². The van der Waals surface area contributed by atoms with E-state index in [1.165, 1.54) is 10.7 Å². The van der Waals surface area contributed by atoms with Crippen molar-refractivity contribution in [1.82, 2.24) is 9.78 Å². The summed E-state index contributed by atoms with van der Waals surface area (Å²) < 4.78 is 14.9. The molecule has 16 heavy (non-hydrogen) atoms. The van der Waals surface area contributed by atoms with Gasteiger partial charge in [-0.05, 0) is 19.1 Å². The van der Waals surface area contributed by atoms with Crippen molar-refractivity contribution >= 4 is 12.4 Å². The molecule has 0 aliphatic carbocycles. The van der Waals surface area contributed by atoms with E-state index in [9.17, 15) is 4.39 Å². The van der Waals surface area contributed by atoms with Gasteiger partial charge in [-0.3, -0.25) is 0 Å². The summed E-state index contributed by atoms with van der Waals surface area (Å²) in [6, 6.07) is 6.40. The molecule has 2 N–H and O–H groups in total. The molecule has 0 aliphatic rings. The van der Waals surface area contributed by atoms with Gasteiger partial charge in [0.1, 0.15) is 11.5 Å². The first-order chi connectivity index (χ1) is 7.18. The molecule has 0 saturated heterocycles. The first kappa shape index (κ1) is 12.7. The molecule has 1 aromatic carbocycles. The third-order valence-electron chi connectivity index (χ3n) is 2.23. The SMILES string of the molecule is CC(N)c1cnn(-c2ccccc2F)c1.Cl. The highest BCUT2D eigenvalue weighted by atomic mass is 35.5. The Balaban J connectivity index is 0.00000128. The number of hydrogen-bond donors (Lipinski definition) is 1. The molecule has 1 atom stereocenters. The number of halogens is 2. The van der Waals surface area contributed by atoms with Crippen LogP contribution in [0.15, 0.2) is 36.7 Å². The molecular weight excluding hydrogens is 229 g/mol. The minimum atomic E-state index is -0.295. The van der Waals surface area contributed by atoms with Crippen LogP contribution >= 0.6 is 12.4 Å². The Morgan fingerprint density at radius 2 is 2.06 bits per heavy atom. The van der Waals surface area contributed by atoms with Crippen molar-refractivity contribution in [2.75, 3.05) is 0 Å². The van der Waals surface area contributed by atoms with Crippen molar-refractivity contribution in [2.45, 2.75) is 13.0 Å². The van der Waals surface area contributed by atoms with Crippen molar-refractivity contribution in [3.05, 3.63) is 48.0 Å². The van der Waals surface area contributed by atoms with E-state index in [1.807, 2.05) is 6.92 Å². The number of hydrogen-bond acceptors (Lipinski definition) is 2. The zero-order valence-electron chi connectivity index (χ0n) is 8.80. The molecule has 0 saturated carbocycles. The Morgan fingerprint density at radius 3 is 2.62 bits per heavy atom. The second kappa shape index (κ2) is 5.09.